The molecule has 0 spiro atoms. The molecule has 0 amide bonds. The van der Waals surface area contributed by atoms with Crippen LogP contribution in [0.4, 0.5) is 5.69 Å². The quantitative estimate of drug-likeness (QED) is 0.504. The van der Waals surface area contributed by atoms with Gasteiger partial charge in [-0.05, 0) is 19.4 Å². The van der Waals surface area contributed by atoms with Crippen molar-refractivity contribution in [2.45, 2.75) is 19.9 Å². The highest BCUT2D eigenvalue weighted by atomic mass is 16.6. The van der Waals surface area contributed by atoms with E-state index in [-0.39, 0.29) is 22.4 Å². The number of non-ortho nitro benzene ring substituents is 1. The summed E-state index contributed by atoms with van der Waals surface area (Å²) in [6.07, 6.45) is 0. The molecular weight excluding hydrogens is 328 g/mol. The number of carbonyl (C=O) groups is 2. The minimum atomic E-state index is -0.653. The molecule has 1 heterocycles. The van der Waals surface area contributed by atoms with Crippen molar-refractivity contribution in [1.82, 2.24) is 5.32 Å². The molecule has 132 valence electrons. The van der Waals surface area contributed by atoms with Gasteiger partial charge < -0.3 is 14.8 Å². The second-order valence-electron chi connectivity index (χ2n) is 5.45. The predicted molar refractivity (Wildman–Crippen MR) is 89.3 cm³/mol. The third-order valence-corrected chi connectivity index (χ3v) is 3.90. The lowest BCUT2D eigenvalue weighted by Crippen LogP contribution is -2.37. The molecule has 1 unspecified atom stereocenters. The van der Waals surface area contributed by atoms with Crippen LogP contribution in [0.1, 0.15) is 19.4 Å². The maximum atomic E-state index is 12.3. The lowest BCUT2D eigenvalue weighted by atomic mass is 9.85. The monoisotopic (exact) mass is 346 g/mol. The largest absolute Gasteiger partial charge is 0.466 e. The van der Waals surface area contributed by atoms with Crippen LogP contribution in [-0.2, 0) is 19.1 Å². The molecule has 1 N–H and O–H groups in total. The van der Waals surface area contributed by atoms with Gasteiger partial charge in [-0.25, -0.2) is 9.59 Å². The van der Waals surface area contributed by atoms with E-state index in [0.717, 1.165) is 0 Å². The van der Waals surface area contributed by atoms with E-state index in [0.29, 0.717) is 11.3 Å². The zero-order chi connectivity index (χ0) is 18.7. The molecule has 25 heavy (non-hydrogen) atoms. The molecule has 0 aromatic heterocycles. The number of carbonyl (C=O) groups excluding carboxylic acids is 2. The van der Waals surface area contributed by atoms with Gasteiger partial charge in [-0.15, -0.1) is 0 Å². The smallest absolute Gasteiger partial charge is 0.340 e. The summed E-state index contributed by atoms with van der Waals surface area (Å²) in [6, 6.07) is 5.29. The Balaban J connectivity index is 2.82. The van der Waals surface area contributed by atoms with Crippen molar-refractivity contribution >= 4 is 23.2 Å². The Morgan fingerprint density at radius 2 is 1.84 bits per heavy atom. The third-order valence-electron chi connectivity index (χ3n) is 3.90. The van der Waals surface area contributed by atoms with Crippen LogP contribution in [0.2, 0.25) is 0 Å². The van der Waals surface area contributed by atoms with E-state index in [9.17, 15) is 19.7 Å². The van der Waals surface area contributed by atoms with E-state index < -0.39 is 22.9 Å². The summed E-state index contributed by atoms with van der Waals surface area (Å²) in [6.45, 7) is 3.41. The van der Waals surface area contributed by atoms with Crippen molar-refractivity contribution in [2.24, 2.45) is 0 Å². The molecule has 2 rings (SSSR count). The molecule has 0 bridgehead atoms. The summed E-state index contributed by atoms with van der Waals surface area (Å²) in [5.74, 6) is -1.28. The SMILES string of the molecule is COC(=O)C1=C(C)NC(C)C(C(=O)OC)=C1c1cccc([N+](=O)[O-])c1. The topological polar surface area (TPSA) is 108 Å². The minimum Gasteiger partial charge on any atom is -0.466 e. The van der Waals surface area contributed by atoms with Gasteiger partial charge in [-0.2, -0.15) is 0 Å². The Kier molecular flexibility index (Phi) is 5.21. The van der Waals surface area contributed by atoms with E-state index in [4.69, 9.17) is 9.47 Å². The molecule has 1 aromatic carbocycles. The molecule has 0 fully saturated rings. The number of nitrogens with zero attached hydrogens (tertiary/aromatic N) is 1. The molecule has 0 saturated carbocycles. The van der Waals surface area contributed by atoms with Gasteiger partial charge in [-0.3, -0.25) is 10.1 Å². The maximum absolute atomic E-state index is 12.3. The number of methoxy groups -OCH3 is 2. The maximum Gasteiger partial charge on any atom is 0.340 e. The van der Waals surface area contributed by atoms with E-state index in [2.05, 4.69) is 5.32 Å². The van der Waals surface area contributed by atoms with Crippen LogP contribution in [0, 0.1) is 10.1 Å². The molecule has 8 nitrogen and oxygen atoms in total. The van der Waals surface area contributed by atoms with Gasteiger partial charge >= 0.3 is 11.9 Å². The Hall–Kier alpha value is -3.16. The number of hydrogen-bond donors (Lipinski definition) is 1. The van der Waals surface area contributed by atoms with Crippen LogP contribution in [0.5, 0.6) is 0 Å². The van der Waals surface area contributed by atoms with Crippen molar-refractivity contribution in [3.63, 3.8) is 0 Å². The summed E-state index contributed by atoms with van der Waals surface area (Å²) in [5, 5.41) is 14.1. The zero-order valence-corrected chi connectivity index (χ0v) is 14.3. The van der Waals surface area contributed by atoms with Crippen molar-refractivity contribution < 1.29 is 24.0 Å². The molecule has 0 aliphatic carbocycles. The number of nitrogens with one attached hydrogen (secondary N) is 1. The zero-order valence-electron chi connectivity index (χ0n) is 14.3. The standard InChI is InChI=1S/C17H18N2O6/c1-9-13(16(20)24-3)15(14(10(2)18-9)17(21)25-4)11-6-5-7-12(8-11)19(22)23/h5-9,18H,1-4H3. The molecule has 0 saturated heterocycles. The van der Waals surface area contributed by atoms with Gasteiger partial charge in [0.2, 0.25) is 0 Å². The summed E-state index contributed by atoms with van der Waals surface area (Å²) in [5.41, 5.74) is 1.33. The molecule has 1 aromatic rings. The lowest BCUT2D eigenvalue weighted by molar-refractivity contribution is -0.384. The van der Waals surface area contributed by atoms with Crippen LogP contribution in [0.25, 0.3) is 5.57 Å². The van der Waals surface area contributed by atoms with E-state index >= 15 is 0 Å². The molecular formula is C17H18N2O6. The van der Waals surface area contributed by atoms with Gasteiger partial charge in [0.1, 0.15) is 0 Å². The highest BCUT2D eigenvalue weighted by molar-refractivity contribution is 6.14. The Labute approximate surface area is 144 Å². The molecule has 1 atom stereocenters. The summed E-state index contributed by atoms with van der Waals surface area (Å²) >= 11 is 0. The fourth-order valence-electron chi connectivity index (χ4n) is 2.83. The molecule has 8 heteroatoms. The van der Waals surface area contributed by atoms with Crippen LogP contribution >= 0.6 is 0 Å². The average Bonchev–Trinajstić information content (AvgIpc) is 2.59. The van der Waals surface area contributed by atoms with Crippen LogP contribution in [0.15, 0.2) is 41.1 Å². The van der Waals surface area contributed by atoms with Gasteiger partial charge in [0.05, 0.1) is 36.3 Å². The summed E-state index contributed by atoms with van der Waals surface area (Å²) < 4.78 is 9.67. The van der Waals surface area contributed by atoms with Crippen molar-refractivity contribution in [3.05, 3.63) is 56.8 Å². The summed E-state index contributed by atoms with van der Waals surface area (Å²) in [7, 11) is 2.46. The number of dihydropyridines is 1. The third kappa shape index (κ3) is 3.37. The fraction of sp³-hybridized carbons (Fsp3) is 0.294. The van der Waals surface area contributed by atoms with Crippen LogP contribution in [0.3, 0.4) is 0 Å². The van der Waals surface area contributed by atoms with E-state index in [1.807, 2.05) is 0 Å². The van der Waals surface area contributed by atoms with Crippen molar-refractivity contribution in [3.8, 4) is 0 Å². The number of allylic oxidation sites excluding steroid dienone is 1. The van der Waals surface area contributed by atoms with Crippen molar-refractivity contribution in [1.29, 1.82) is 0 Å². The molecule has 0 radical (unpaired) electrons. The van der Waals surface area contributed by atoms with E-state index in [1.165, 1.54) is 32.4 Å². The first-order chi connectivity index (χ1) is 11.8. The first-order valence-corrected chi connectivity index (χ1v) is 7.45. The Morgan fingerprint density at radius 3 is 2.40 bits per heavy atom. The normalized spacial score (nSPS) is 17.0. The Bertz CT molecular complexity index is 809. The lowest BCUT2D eigenvalue weighted by Gasteiger charge is -2.29. The summed E-state index contributed by atoms with van der Waals surface area (Å²) in [4.78, 5) is 35.2. The van der Waals surface area contributed by atoms with Gasteiger partial charge in [0.25, 0.3) is 5.69 Å². The van der Waals surface area contributed by atoms with Gasteiger partial charge in [0.15, 0.2) is 0 Å². The number of hydrogen-bond acceptors (Lipinski definition) is 7. The first-order valence-electron chi connectivity index (χ1n) is 7.45. The highest BCUT2D eigenvalue weighted by Gasteiger charge is 2.34. The first kappa shape index (κ1) is 18.2. The second-order valence-corrected chi connectivity index (χ2v) is 5.45. The number of nitro groups is 1. The van der Waals surface area contributed by atoms with Crippen molar-refractivity contribution in [2.75, 3.05) is 14.2 Å². The molecule has 1 aliphatic rings. The number of ether oxygens (including phenoxy) is 2. The minimum absolute atomic E-state index is 0.140. The van der Waals surface area contributed by atoms with E-state index in [1.54, 1.807) is 19.9 Å². The van der Waals surface area contributed by atoms with Crippen LogP contribution in [-0.4, -0.2) is 37.1 Å². The van der Waals surface area contributed by atoms with Gasteiger partial charge in [0, 0.05) is 23.4 Å². The number of esters is 2. The predicted octanol–water partition coefficient (Wildman–Crippen LogP) is 1.96. The number of benzene rings is 1. The van der Waals surface area contributed by atoms with Crippen LogP contribution < -0.4 is 5.32 Å². The second kappa shape index (κ2) is 7.16. The highest BCUT2D eigenvalue weighted by Crippen LogP contribution is 2.36. The number of nitro benzene ring substituents is 1. The average molecular weight is 346 g/mol. The fourth-order valence-corrected chi connectivity index (χ4v) is 2.83. The Morgan fingerprint density at radius 1 is 1.20 bits per heavy atom. The van der Waals surface area contributed by atoms with Gasteiger partial charge in [-0.1, -0.05) is 12.1 Å². The molecule has 1 aliphatic heterocycles. The number of rotatable bonds is 4.